The molecule has 0 amide bonds. The maximum atomic E-state index is 13.3. The molecule has 0 fully saturated rings. The quantitative estimate of drug-likeness (QED) is 0.665. The van der Waals surface area contributed by atoms with E-state index in [-0.39, 0.29) is 30.0 Å². The number of Topliss-reactive ketones (excluding diaryl/α,β-unsaturated/α-hetero) is 1. The van der Waals surface area contributed by atoms with Gasteiger partial charge in [0.1, 0.15) is 18.5 Å². The number of ketones is 1. The van der Waals surface area contributed by atoms with Gasteiger partial charge in [-0.2, -0.15) is 13.2 Å². The summed E-state index contributed by atoms with van der Waals surface area (Å²) in [4.78, 5) is 14.9. The molecule has 1 heterocycles. The van der Waals surface area contributed by atoms with Gasteiger partial charge in [-0.15, -0.1) is 0 Å². The molecule has 0 aliphatic carbocycles. The number of carbonyl (C=O) groups is 1. The van der Waals surface area contributed by atoms with Gasteiger partial charge in [0.05, 0.1) is 17.6 Å². The predicted molar refractivity (Wildman–Crippen MR) is 92.7 cm³/mol. The van der Waals surface area contributed by atoms with E-state index in [1.165, 1.54) is 19.1 Å². The molecule has 142 valence electrons. The third-order valence-corrected chi connectivity index (χ3v) is 4.00. The van der Waals surface area contributed by atoms with Crippen LogP contribution in [0.1, 0.15) is 23.1 Å². The van der Waals surface area contributed by atoms with Crippen molar-refractivity contribution in [2.75, 3.05) is 6.61 Å². The third kappa shape index (κ3) is 4.28. The van der Waals surface area contributed by atoms with Crippen molar-refractivity contribution >= 4 is 16.8 Å². The summed E-state index contributed by atoms with van der Waals surface area (Å²) in [5, 5.41) is 10.2. The molecule has 0 radical (unpaired) electrons. The Morgan fingerprint density at radius 1 is 1.19 bits per heavy atom. The van der Waals surface area contributed by atoms with Gasteiger partial charge in [-0.05, 0) is 43.3 Å². The number of para-hydroxylation sites is 2. The Kier molecular flexibility index (Phi) is 5.18. The van der Waals surface area contributed by atoms with Crippen LogP contribution in [0.5, 0.6) is 5.75 Å². The van der Waals surface area contributed by atoms with E-state index >= 15 is 0 Å². The molecule has 3 aromatic rings. The normalized spacial score (nSPS) is 12.9. The number of benzene rings is 2. The first-order valence-electron chi connectivity index (χ1n) is 8.20. The molecule has 1 aromatic heterocycles. The molecule has 0 saturated carbocycles. The van der Waals surface area contributed by atoms with Crippen LogP contribution in [0.3, 0.4) is 0 Å². The van der Waals surface area contributed by atoms with E-state index in [4.69, 9.17) is 4.74 Å². The van der Waals surface area contributed by atoms with Gasteiger partial charge in [-0.25, -0.2) is 4.98 Å². The highest BCUT2D eigenvalue weighted by atomic mass is 19.4. The van der Waals surface area contributed by atoms with Gasteiger partial charge in [-0.3, -0.25) is 4.79 Å². The van der Waals surface area contributed by atoms with Crippen molar-refractivity contribution in [2.24, 2.45) is 0 Å². The van der Waals surface area contributed by atoms with Crippen LogP contribution in [0.4, 0.5) is 13.2 Å². The Morgan fingerprint density at radius 3 is 2.48 bits per heavy atom. The molecule has 1 unspecified atom stereocenters. The first kappa shape index (κ1) is 18.9. The lowest BCUT2D eigenvalue weighted by Crippen LogP contribution is -2.26. The van der Waals surface area contributed by atoms with E-state index in [1.807, 2.05) is 0 Å². The van der Waals surface area contributed by atoms with E-state index in [0.29, 0.717) is 11.3 Å². The first-order valence-corrected chi connectivity index (χ1v) is 8.20. The summed E-state index contributed by atoms with van der Waals surface area (Å²) in [5.41, 5.74) is 1.01. The number of fused-ring (bicyclic) bond motifs is 1. The molecular formula is C19H17F3N2O3. The van der Waals surface area contributed by atoms with Crippen LogP contribution in [0.15, 0.2) is 48.5 Å². The molecule has 1 N–H and O–H groups in total. The predicted octanol–water partition coefficient (Wildman–Crippen LogP) is 3.70. The number of nitrogens with zero attached hydrogens (tertiary/aromatic N) is 2. The lowest BCUT2D eigenvalue weighted by molar-refractivity contribution is -0.147. The fourth-order valence-electron chi connectivity index (χ4n) is 2.72. The van der Waals surface area contributed by atoms with Crippen LogP contribution in [0.2, 0.25) is 0 Å². The number of imidazole rings is 1. The number of rotatable bonds is 6. The minimum Gasteiger partial charge on any atom is -0.491 e. The minimum atomic E-state index is -4.64. The fourth-order valence-corrected chi connectivity index (χ4v) is 2.72. The standard InChI is InChI=1S/C19H17F3N2O3/c1-12(25)13-6-8-15(9-7-13)27-11-14(26)10-24-17-5-3-2-4-16(17)23-18(24)19(20,21)22/h2-9,14,26H,10-11H2,1H3. The molecule has 2 aromatic carbocycles. The number of halogens is 3. The van der Waals surface area contributed by atoms with Gasteiger partial charge in [0, 0.05) is 5.56 Å². The molecule has 0 aliphatic heterocycles. The second-order valence-corrected chi connectivity index (χ2v) is 6.08. The highest BCUT2D eigenvalue weighted by Crippen LogP contribution is 2.31. The first-order chi connectivity index (χ1) is 12.8. The number of ether oxygens (including phenoxy) is 1. The number of aromatic nitrogens is 2. The maximum absolute atomic E-state index is 13.3. The van der Waals surface area contributed by atoms with E-state index < -0.39 is 18.1 Å². The largest absolute Gasteiger partial charge is 0.491 e. The molecule has 0 aliphatic rings. The van der Waals surface area contributed by atoms with Crippen molar-refractivity contribution in [1.29, 1.82) is 0 Å². The van der Waals surface area contributed by atoms with E-state index in [9.17, 15) is 23.1 Å². The van der Waals surface area contributed by atoms with Gasteiger partial charge in [0.25, 0.3) is 0 Å². The molecule has 0 spiro atoms. The molecule has 3 rings (SSSR count). The average molecular weight is 378 g/mol. The minimum absolute atomic E-state index is 0.0896. The second kappa shape index (κ2) is 7.40. The van der Waals surface area contributed by atoms with Gasteiger partial charge >= 0.3 is 6.18 Å². The van der Waals surface area contributed by atoms with Crippen molar-refractivity contribution in [3.63, 3.8) is 0 Å². The summed E-state index contributed by atoms with van der Waals surface area (Å²) in [6, 6.07) is 12.5. The topological polar surface area (TPSA) is 64.3 Å². The van der Waals surface area contributed by atoms with E-state index in [1.54, 1.807) is 36.4 Å². The average Bonchev–Trinajstić information content (AvgIpc) is 2.99. The zero-order valence-electron chi connectivity index (χ0n) is 14.4. The number of aliphatic hydroxyl groups excluding tert-OH is 1. The van der Waals surface area contributed by atoms with Crippen LogP contribution in [0, 0.1) is 0 Å². The Hall–Kier alpha value is -2.87. The van der Waals surface area contributed by atoms with Gasteiger partial charge in [-0.1, -0.05) is 12.1 Å². The van der Waals surface area contributed by atoms with Gasteiger partial charge in [0.2, 0.25) is 5.82 Å². The molecule has 8 heteroatoms. The molecule has 1 atom stereocenters. The number of hydrogen-bond acceptors (Lipinski definition) is 4. The van der Waals surface area contributed by atoms with Crippen LogP contribution in [0.25, 0.3) is 11.0 Å². The van der Waals surface area contributed by atoms with E-state index in [0.717, 1.165) is 4.57 Å². The van der Waals surface area contributed by atoms with E-state index in [2.05, 4.69) is 4.98 Å². The van der Waals surface area contributed by atoms with Gasteiger partial charge in [0.15, 0.2) is 5.78 Å². The summed E-state index contributed by atoms with van der Waals surface area (Å²) < 4.78 is 46.2. The Balaban J connectivity index is 1.74. The summed E-state index contributed by atoms with van der Waals surface area (Å²) in [7, 11) is 0. The number of aliphatic hydroxyl groups is 1. The second-order valence-electron chi connectivity index (χ2n) is 6.08. The molecule has 0 saturated heterocycles. The Labute approximate surface area is 153 Å². The van der Waals surface area contributed by atoms with Crippen LogP contribution in [-0.4, -0.2) is 33.2 Å². The van der Waals surface area contributed by atoms with Crippen molar-refractivity contribution < 1.29 is 27.8 Å². The summed E-state index contributed by atoms with van der Waals surface area (Å²) >= 11 is 0. The lowest BCUT2D eigenvalue weighted by Gasteiger charge is -2.16. The smallest absolute Gasteiger partial charge is 0.449 e. The maximum Gasteiger partial charge on any atom is 0.449 e. The number of alkyl halides is 3. The SMILES string of the molecule is CC(=O)c1ccc(OCC(O)Cn2c(C(F)(F)F)nc3ccccc32)cc1. The van der Waals surface area contributed by atoms with Gasteiger partial charge < -0.3 is 14.4 Å². The molecule has 27 heavy (non-hydrogen) atoms. The van der Waals surface area contributed by atoms with Crippen LogP contribution >= 0.6 is 0 Å². The lowest BCUT2D eigenvalue weighted by atomic mass is 10.1. The highest BCUT2D eigenvalue weighted by Gasteiger charge is 2.37. The van der Waals surface area contributed by atoms with Crippen molar-refractivity contribution in [3.05, 3.63) is 59.9 Å². The zero-order valence-corrected chi connectivity index (χ0v) is 14.4. The summed E-state index contributed by atoms with van der Waals surface area (Å²) in [6.07, 6.45) is -5.82. The zero-order chi connectivity index (χ0) is 19.6. The number of hydrogen-bond donors (Lipinski definition) is 1. The number of carbonyl (C=O) groups excluding carboxylic acids is 1. The van der Waals surface area contributed by atoms with Crippen molar-refractivity contribution in [1.82, 2.24) is 9.55 Å². The fraction of sp³-hybridized carbons (Fsp3) is 0.263. The Morgan fingerprint density at radius 2 is 1.85 bits per heavy atom. The van der Waals surface area contributed by atoms with Crippen LogP contribution in [-0.2, 0) is 12.7 Å². The van der Waals surface area contributed by atoms with Crippen LogP contribution < -0.4 is 4.74 Å². The Bertz CT molecular complexity index is 949. The highest BCUT2D eigenvalue weighted by molar-refractivity contribution is 5.94. The summed E-state index contributed by atoms with van der Waals surface area (Å²) in [6.45, 7) is 0.914. The monoisotopic (exact) mass is 378 g/mol. The summed E-state index contributed by atoms with van der Waals surface area (Å²) in [5.74, 6) is -0.743. The van der Waals surface area contributed by atoms with Crippen molar-refractivity contribution in [2.45, 2.75) is 25.7 Å². The third-order valence-electron chi connectivity index (χ3n) is 4.00. The van der Waals surface area contributed by atoms with Crippen molar-refractivity contribution in [3.8, 4) is 5.75 Å². The molecule has 0 bridgehead atoms. The molecular weight excluding hydrogens is 361 g/mol. The molecule has 5 nitrogen and oxygen atoms in total.